The number of rotatable bonds is 6. The van der Waals surface area contributed by atoms with Crippen LogP contribution in [0.1, 0.15) is 17.3 Å². The standard InChI is InChI=1S/C17H18O4.H2/c1-19-14-6-4-13(5-7-14)17(18)10-12-8-15(20-2)11-16(9-12)21-3;/h4-9,11H,10H2,1-3H3;1H. The zero-order chi connectivity index (χ0) is 15.2. The van der Waals surface area contributed by atoms with Crippen LogP contribution in [0.15, 0.2) is 42.5 Å². The highest BCUT2D eigenvalue weighted by Gasteiger charge is 2.10. The average Bonchev–Trinajstić information content (AvgIpc) is 2.54. The van der Waals surface area contributed by atoms with Crippen molar-refractivity contribution in [2.75, 3.05) is 21.3 Å². The van der Waals surface area contributed by atoms with E-state index in [1.165, 1.54) is 0 Å². The van der Waals surface area contributed by atoms with E-state index in [-0.39, 0.29) is 7.21 Å². The largest absolute Gasteiger partial charge is 0.497 e. The number of hydrogen-bond donors (Lipinski definition) is 0. The van der Waals surface area contributed by atoms with Crippen molar-refractivity contribution in [1.82, 2.24) is 0 Å². The Morgan fingerprint density at radius 1 is 0.857 bits per heavy atom. The topological polar surface area (TPSA) is 44.8 Å². The van der Waals surface area contributed by atoms with Crippen LogP contribution in [0.4, 0.5) is 0 Å². The summed E-state index contributed by atoms with van der Waals surface area (Å²) in [4.78, 5) is 12.3. The highest BCUT2D eigenvalue weighted by Crippen LogP contribution is 2.23. The van der Waals surface area contributed by atoms with Gasteiger partial charge in [0.05, 0.1) is 21.3 Å². The van der Waals surface area contributed by atoms with Crippen molar-refractivity contribution in [3.63, 3.8) is 0 Å². The van der Waals surface area contributed by atoms with Crippen molar-refractivity contribution in [3.05, 3.63) is 53.6 Å². The Labute approximate surface area is 125 Å². The van der Waals surface area contributed by atoms with Crippen LogP contribution in [-0.4, -0.2) is 27.1 Å². The smallest absolute Gasteiger partial charge is 0.167 e. The number of ketones is 1. The van der Waals surface area contributed by atoms with Crippen LogP contribution in [0.3, 0.4) is 0 Å². The van der Waals surface area contributed by atoms with Crippen LogP contribution in [0.5, 0.6) is 17.2 Å². The molecule has 2 aromatic rings. The van der Waals surface area contributed by atoms with Gasteiger partial charge in [-0.05, 0) is 42.0 Å². The molecule has 0 bridgehead atoms. The number of hydrogen-bond acceptors (Lipinski definition) is 4. The predicted molar refractivity (Wildman–Crippen MR) is 82.7 cm³/mol. The van der Waals surface area contributed by atoms with Gasteiger partial charge in [0.1, 0.15) is 17.2 Å². The molecule has 0 amide bonds. The summed E-state index contributed by atoms with van der Waals surface area (Å²) in [5.41, 5.74) is 1.50. The molecule has 0 N–H and O–H groups in total. The van der Waals surface area contributed by atoms with Crippen molar-refractivity contribution in [3.8, 4) is 17.2 Å². The van der Waals surface area contributed by atoms with Gasteiger partial charge in [0.2, 0.25) is 0 Å². The molecule has 0 atom stereocenters. The van der Waals surface area contributed by atoms with Crippen LogP contribution in [-0.2, 0) is 6.42 Å². The van der Waals surface area contributed by atoms with E-state index in [4.69, 9.17) is 14.2 Å². The van der Waals surface area contributed by atoms with Crippen molar-refractivity contribution in [2.24, 2.45) is 0 Å². The van der Waals surface area contributed by atoms with Crippen LogP contribution in [0.25, 0.3) is 0 Å². The SMILES string of the molecule is COc1ccc(C(=O)Cc2cc(OC)cc(OC)c2)cc1.[HH]. The summed E-state index contributed by atoms with van der Waals surface area (Å²) in [6.07, 6.45) is 0.292. The molecule has 4 heteroatoms. The fourth-order valence-electron chi connectivity index (χ4n) is 2.03. The molecular weight excluding hydrogens is 268 g/mol. The molecule has 0 heterocycles. The average molecular weight is 288 g/mol. The first-order chi connectivity index (χ1) is 10.2. The van der Waals surface area contributed by atoms with Crippen LogP contribution >= 0.6 is 0 Å². The van der Waals surface area contributed by atoms with Gasteiger partial charge in [-0.1, -0.05) is 0 Å². The van der Waals surface area contributed by atoms with E-state index in [1.807, 2.05) is 12.1 Å². The van der Waals surface area contributed by atoms with Crippen molar-refractivity contribution < 1.29 is 20.4 Å². The van der Waals surface area contributed by atoms with E-state index in [2.05, 4.69) is 0 Å². The molecule has 0 aromatic heterocycles. The molecule has 0 saturated carbocycles. The number of carbonyl (C=O) groups excluding carboxylic acids is 1. The van der Waals surface area contributed by atoms with Gasteiger partial charge in [0, 0.05) is 19.5 Å². The summed E-state index contributed by atoms with van der Waals surface area (Å²) >= 11 is 0. The van der Waals surface area contributed by atoms with Gasteiger partial charge >= 0.3 is 0 Å². The second kappa shape index (κ2) is 6.79. The quantitative estimate of drug-likeness (QED) is 0.764. The summed E-state index contributed by atoms with van der Waals surface area (Å²) < 4.78 is 15.5. The highest BCUT2D eigenvalue weighted by atomic mass is 16.5. The molecule has 2 aromatic carbocycles. The van der Waals surface area contributed by atoms with Gasteiger partial charge in [-0.15, -0.1) is 0 Å². The number of ether oxygens (including phenoxy) is 3. The summed E-state index contributed by atoms with van der Waals surface area (Å²) in [5.74, 6) is 2.11. The molecule has 0 aliphatic heterocycles. The van der Waals surface area contributed by atoms with Crippen LogP contribution in [0, 0.1) is 0 Å². The molecule has 4 nitrogen and oxygen atoms in total. The molecule has 0 aliphatic rings. The lowest BCUT2D eigenvalue weighted by molar-refractivity contribution is 0.0993. The molecular formula is C17H20O4. The third-order valence-corrected chi connectivity index (χ3v) is 3.19. The third-order valence-electron chi connectivity index (χ3n) is 3.19. The molecule has 0 aliphatic carbocycles. The Hall–Kier alpha value is -2.49. The van der Waals surface area contributed by atoms with E-state index in [0.29, 0.717) is 23.5 Å². The maximum Gasteiger partial charge on any atom is 0.167 e. The minimum absolute atomic E-state index is 0. The van der Waals surface area contributed by atoms with E-state index in [1.54, 1.807) is 51.7 Å². The summed E-state index contributed by atoms with van der Waals surface area (Å²) in [7, 11) is 4.77. The monoisotopic (exact) mass is 288 g/mol. The Morgan fingerprint density at radius 2 is 1.38 bits per heavy atom. The zero-order valence-corrected chi connectivity index (χ0v) is 12.4. The summed E-state index contributed by atoms with van der Waals surface area (Å²) in [6.45, 7) is 0. The molecule has 0 saturated heterocycles. The summed E-state index contributed by atoms with van der Waals surface area (Å²) in [5, 5.41) is 0. The minimum atomic E-state index is 0. The number of Topliss-reactive ketones (excluding diaryl/α,β-unsaturated/α-hetero) is 1. The van der Waals surface area contributed by atoms with Gasteiger partial charge in [-0.3, -0.25) is 4.79 Å². The van der Waals surface area contributed by atoms with E-state index in [0.717, 1.165) is 11.3 Å². The van der Waals surface area contributed by atoms with Crippen LogP contribution < -0.4 is 14.2 Å². The van der Waals surface area contributed by atoms with Crippen molar-refractivity contribution >= 4 is 5.78 Å². The second-order valence-corrected chi connectivity index (χ2v) is 4.55. The van der Waals surface area contributed by atoms with Gasteiger partial charge in [0.15, 0.2) is 5.78 Å². The van der Waals surface area contributed by atoms with Crippen molar-refractivity contribution in [1.29, 1.82) is 0 Å². The lowest BCUT2D eigenvalue weighted by Crippen LogP contribution is -2.04. The minimum Gasteiger partial charge on any atom is -0.497 e. The second-order valence-electron chi connectivity index (χ2n) is 4.55. The first-order valence-electron chi connectivity index (χ1n) is 6.55. The first-order valence-corrected chi connectivity index (χ1v) is 6.55. The van der Waals surface area contributed by atoms with Crippen LogP contribution in [0.2, 0.25) is 0 Å². The van der Waals surface area contributed by atoms with Gasteiger partial charge in [-0.2, -0.15) is 0 Å². The Morgan fingerprint density at radius 3 is 1.86 bits per heavy atom. The van der Waals surface area contributed by atoms with Gasteiger partial charge < -0.3 is 14.2 Å². The number of carbonyl (C=O) groups is 1. The maximum atomic E-state index is 12.3. The third kappa shape index (κ3) is 3.75. The molecule has 2 rings (SSSR count). The van der Waals surface area contributed by atoms with E-state index in [9.17, 15) is 4.79 Å². The predicted octanol–water partition coefficient (Wildman–Crippen LogP) is 3.38. The highest BCUT2D eigenvalue weighted by molar-refractivity contribution is 5.97. The molecule has 0 unspecified atom stereocenters. The molecule has 0 radical (unpaired) electrons. The van der Waals surface area contributed by atoms with E-state index >= 15 is 0 Å². The van der Waals surface area contributed by atoms with E-state index < -0.39 is 0 Å². The Kier molecular flexibility index (Phi) is 4.82. The molecule has 0 spiro atoms. The Balaban J connectivity index is 0.00000242. The lowest BCUT2D eigenvalue weighted by Gasteiger charge is -2.08. The number of methoxy groups -OCH3 is 3. The normalized spacial score (nSPS) is 10.0. The molecule has 21 heavy (non-hydrogen) atoms. The zero-order valence-electron chi connectivity index (χ0n) is 12.4. The molecule has 0 fully saturated rings. The van der Waals surface area contributed by atoms with Crippen molar-refractivity contribution in [2.45, 2.75) is 6.42 Å². The number of benzene rings is 2. The fraction of sp³-hybridized carbons (Fsp3) is 0.235. The Bertz CT molecular complexity index is 601. The molecule has 112 valence electrons. The van der Waals surface area contributed by atoms with Gasteiger partial charge in [0.25, 0.3) is 0 Å². The first kappa shape index (κ1) is 14.9. The summed E-state index contributed by atoms with van der Waals surface area (Å²) in [6, 6.07) is 12.5. The fourth-order valence-corrected chi connectivity index (χ4v) is 2.03. The lowest BCUT2D eigenvalue weighted by atomic mass is 10.0. The maximum absolute atomic E-state index is 12.3. The van der Waals surface area contributed by atoms with Gasteiger partial charge in [-0.25, -0.2) is 0 Å².